The maximum Gasteiger partial charge on any atom is 0.210 e. The van der Waals surface area contributed by atoms with Gasteiger partial charge in [0.25, 0.3) is 0 Å². The number of hydrogen-bond acceptors (Lipinski definition) is 7. The fourth-order valence-corrected chi connectivity index (χ4v) is 5.23. The number of methoxy groups -OCH3 is 1. The van der Waals surface area contributed by atoms with E-state index in [-0.39, 0.29) is 9.79 Å². The van der Waals surface area contributed by atoms with Gasteiger partial charge in [-0.05, 0) is 48.9 Å². The summed E-state index contributed by atoms with van der Waals surface area (Å²) in [4.78, 5) is 0.542. The van der Waals surface area contributed by atoms with Crippen molar-refractivity contribution >= 4 is 21.6 Å². The largest absolute Gasteiger partial charge is 0.496 e. The summed E-state index contributed by atoms with van der Waals surface area (Å²) in [5.41, 5.74) is 2.71. The van der Waals surface area contributed by atoms with Crippen LogP contribution in [0.3, 0.4) is 0 Å². The quantitative estimate of drug-likeness (QED) is 0.323. The zero-order valence-electron chi connectivity index (χ0n) is 17.6. The minimum Gasteiger partial charge on any atom is -0.496 e. The molecule has 0 aliphatic carbocycles. The van der Waals surface area contributed by atoms with E-state index in [1.807, 2.05) is 31.2 Å². The standard InChI is InChI=1S/C23H22N4O3S2/c1-16-7-11-18(12-8-16)32(28,29)19-13-9-17(10-14-19)15-31-23-26-25-22(27(23)24)20-5-3-4-6-21(20)30-2/h3-14H,15,24H2,1-2H3. The Morgan fingerprint density at radius 1 is 0.938 bits per heavy atom. The van der Waals surface area contributed by atoms with Crippen molar-refractivity contribution in [2.75, 3.05) is 13.0 Å². The van der Waals surface area contributed by atoms with Gasteiger partial charge in [-0.1, -0.05) is 53.7 Å². The number of ether oxygens (including phenoxy) is 1. The topological polar surface area (TPSA) is 100 Å². The fraction of sp³-hybridized carbons (Fsp3) is 0.130. The third kappa shape index (κ3) is 4.35. The number of thioether (sulfide) groups is 1. The molecule has 0 unspecified atom stereocenters. The second-order valence-electron chi connectivity index (χ2n) is 7.13. The monoisotopic (exact) mass is 466 g/mol. The van der Waals surface area contributed by atoms with E-state index in [4.69, 9.17) is 10.6 Å². The summed E-state index contributed by atoms with van der Waals surface area (Å²) in [6.45, 7) is 1.92. The first-order valence-corrected chi connectivity index (χ1v) is 12.2. The van der Waals surface area contributed by atoms with Crippen molar-refractivity contribution in [1.82, 2.24) is 14.9 Å². The molecule has 0 atom stereocenters. The van der Waals surface area contributed by atoms with Crippen LogP contribution < -0.4 is 10.6 Å². The highest BCUT2D eigenvalue weighted by Crippen LogP contribution is 2.30. The lowest BCUT2D eigenvalue weighted by Gasteiger charge is -2.08. The van der Waals surface area contributed by atoms with Crippen molar-refractivity contribution in [3.63, 3.8) is 0 Å². The molecule has 32 heavy (non-hydrogen) atoms. The van der Waals surface area contributed by atoms with Crippen LogP contribution in [-0.2, 0) is 15.6 Å². The Morgan fingerprint density at radius 2 is 1.56 bits per heavy atom. The number of nitrogens with zero attached hydrogens (tertiary/aromatic N) is 3. The molecule has 1 aromatic heterocycles. The minimum atomic E-state index is -3.55. The number of sulfone groups is 1. The normalized spacial score (nSPS) is 11.4. The predicted molar refractivity (Wildman–Crippen MR) is 125 cm³/mol. The molecule has 1 heterocycles. The molecule has 4 rings (SSSR count). The van der Waals surface area contributed by atoms with Crippen molar-refractivity contribution in [2.24, 2.45) is 0 Å². The van der Waals surface area contributed by atoms with Crippen LogP contribution in [0.2, 0.25) is 0 Å². The number of hydrogen-bond donors (Lipinski definition) is 1. The first-order valence-electron chi connectivity index (χ1n) is 9.77. The molecule has 0 saturated carbocycles. The Hall–Kier alpha value is -3.30. The lowest BCUT2D eigenvalue weighted by Crippen LogP contribution is -2.12. The molecule has 0 aliphatic heterocycles. The molecular formula is C23H22N4O3S2. The Balaban J connectivity index is 1.48. The Labute approximate surface area is 191 Å². The zero-order chi connectivity index (χ0) is 22.7. The van der Waals surface area contributed by atoms with Crippen LogP contribution in [0, 0.1) is 6.92 Å². The number of aryl methyl sites for hydroxylation is 1. The van der Waals surface area contributed by atoms with E-state index in [0.29, 0.717) is 22.5 Å². The van der Waals surface area contributed by atoms with E-state index < -0.39 is 9.84 Å². The van der Waals surface area contributed by atoms with Crippen LogP contribution in [-0.4, -0.2) is 30.4 Å². The Bertz CT molecular complexity index is 1330. The summed E-state index contributed by atoms with van der Waals surface area (Å²) in [7, 11) is -1.95. The van der Waals surface area contributed by atoms with E-state index >= 15 is 0 Å². The maximum atomic E-state index is 12.8. The summed E-state index contributed by atoms with van der Waals surface area (Å²) in [6, 6.07) is 21.1. The summed E-state index contributed by atoms with van der Waals surface area (Å²) < 4.78 is 32.4. The van der Waals surface area contributed by atoms with Gasteiger partial charge in [-0.15, -0.1) is 10.2 Å². The zero-order valence-corrected chi connectivity index (χ0v) is 19.2. The number of nitrogens with two attached hydrogens (primary N) is 1. The third-order valence-corrected chi connectivity index (χ3v) is 7.75. The summed E-state index contributed by atoms with van der Waals surface area (Å²) in [6.07, 6.45) is 0. The van der Waals surface area contributed by atoms with Crippen LogP contribution in [0.4, 0.5) is 0 Å². The molecule has 164 valence electrons. The summed E-state index contributed by atoms with van der Waals surface area (Å²) in [5, 5.41) is 8.93. The molecule has 3 aromatic carbocycles. The van der Waals surface area contributed by atoms with E-state index in [1.54, 1.807) is 55.6 Å². The molecule has 7 nitrogen and oxygen atoms in total. The summed E-state index contributed by atoms with van der Waals surface area (Å²) in [5.74, 6) is 7.94. The smallest absolute Gasteiger partial charge is 0.210 e. The molecule has 9 heteroatoms. The van der Waals surface area contributed by atoms with Gasteiger partial charge in [-0.3, -0.25) is 0 Å². The van der Waals surface area contributed by atoms with Gasteiger partial charge in [0.05, 0.1) is 22.5 Å². The van der Waals surface area contributed by atoms with Crippen molar-refractivity contribution in [2.45, 2.75) is 27.6 Å². The van der Waals surface area contributed by atoms with Crippen LogP contribution in [0.15, 0.2) is 87.7 Å². The van der Waals surface area contributed by atoms with Gasteiger partial charge in [0, 0.05) is 5.75 Å². The van der Waals surface area contributed by atoms with Crippen LogP contribution >= 0.6 is 11.8 Å². The number of nitrogen functional groups attached to an aromatic ring is 1. The highest BCUT2D eigenvalue weighted by molar-refractivity contribution is 7.98. The third-order valence-electron chi connectivity index (χ3n) is 4.95. The van der Waals surface area contributed by atoms with Crippen LogP contribution in [0.5, 0.6) is 5.75 Å². The molecule has 4 aromatic rings. The Morgan fingerprint density at radius 3 is 2.22 bits per heavy atom. The molecule has 0 fully saturated rings. The van der Waals surface area contributed by atoms with Gasteiger partial charge in [0.15, 0.2) is 5.82 Å². The van der Waals surface area contributed by atoms with Gasteiger partial charge >= 0.3 is 0 Å². The number of para-hydroxylation sites is 1. The molecule has 0 spiro atoms. The van der Waals surface area contributed by atoms with Crippen molar-refractivity contribution in [1.29, 1.82) is 0 Å². The maximum absolute atomic E-state index is 12.8. The average molecular weight is 467 g/mol. The van der Waals surface area contributed by atoms with Crippen molar-refractivity contribution in [3.8, 4) is 17.1 Å². The molecular weight excluding hydrogens is 444 g/mol. The van der Waals surface area contributed by atoms with Gasteiger partial charge < -0.3 is 10.6 Å². The van der Waals surface area contributed by atoms with Crippen LogP contribution in [0.25, 0.3) is 11.4 Å². The molecule has 0 bridgehead atoms. The highest BCUT2D eigenvalue weighted by atomic mass is 32.2. The molecule has 0 aliphatic rings. The molecule has 0 saturated heterocycles. The van der Waals surface area contributed by atoms with E-state index in [0.717, 1.165) is 16.7 Å². The number of aromatic nitrogens is 3. The lowest BCUT2D eigenvalue weighted by atomic mass is 10.2. The first-order chi connectivity index (χ1) is 15.4. The lowest BCUT2D eigenvalue weighted by molar-refractivity contribution is 0.416. The number of rotatable bonds is 7. The second-order valence-corrected chi connectivity index (χ2v) is 10.0. The average Bonchev–Trinajstić information content (AvgIpc) is 3.18. The minimum absolute atomic E-state index is 0.260. The highest BCUT2D eigenvalue weighted by Gasteiger charge is 2.18. The van der Waals surface area contributed by atoms with Gasteiger partial charge in [-0.25, -0.2) is 13.1 Å². The predicted octanol–water partition coefficient (Wildman–Crippen LogP) is 4.10. The number of benzene rings is 3. The molecule has 0 amide bonds. The van der Waals surface area contributed by atoms with Gasteiger partial charge in [0.2, 0.25) is 15.0 Å². The van der Waals surface area contributed by atoms with Gasteiger partial charge in [-0.2, -0.15) is 0 Å². The molecule has 0 radical (unpaired) electrons. The fourth-order valence-electron chi connectivity index (χ4n) is 3.15. The van der Waals surface area contributed by atoms with Crippen LogP contribution in [0.1, 0.15) is 11.1 Å². The SMILES string of the molecule is COc1ccccc1-c1nnc(SCc2ccc(S(=O)(=O)c3ccc(C)cc3)cc2)n1N. The first kappa shape index (κ1) is 21.9. The summed E-state index contributed by atoms with van der Waals surface area (Å²) >= 11 is 1.41. The second kappa shape index (κ2) is 9.05. The van der Waals surface area contributed by atoms with E-state index in [1.165, 1.54) is 16.4 Å². The van der Waals surface area contributed by atoms with Crippen molar-refractivity contribution < 1.29 is 13.2 Å². The van der Waals surface area contributed by atoms with Gasteiger partial charge in [0.1, 0.15) is 5.75 Å². The van der Waals surface area contributed by atoms with Crippen molar-refractivity contribution in [3.05, 3.63) is 83.9 Å². The molecule has 2 N–H and O–H groups in total. The van der Waals surface area contributed by atoms with E-state index in [9.17, 15) is 8.42 Å². The van der Waals surface area contributed by atoms with E-state index in [2.05, 4.69) is 10.2 Å². The Kier molecular flexibility index (Phi) is 6.20.